The topological polar surface area (TPSA) is 86.8 Å². The minimum atomic E-state index is -3.61. The summed E-state index contributed by atoms with van der Waals surface area (Å²) < 4.78 is 25.4. The number of carbonyl (C=O) groups is 2. The molecule has 1 heterocycles. The molecule has 1 aliphatic rings. The summed E-state index contributed by atoms with van der Waals surface area (Å²) in [5.41, 5.74) is 0.211. The lowest BCUT2D eigenvalue weighted by atomic mass is 10.0. The molecule has 25 heavy (non-hydrogen) atoms. The molecule has 1 aromatic carbocycles. The SMILES string of the molecule is C[C@@H]1CCCN(C(=O)CNC(=O)c2cccc(S(=O)(=O)N(C)C)c2)C1. The van der Waals surface area contributed by atoms with E-state index in [1.54, 1.807) is 4.90 Å². The summed E-state index contributed by atoms with van der Waals surface area (Å²) in [6, 6.07) is 5.79. The van der Waals surface area contributed by atoms with Crippen molar-refractivity contribution in [3.05, 3.63) is 29.8 Å². The van der Waals surface area contributed by atoms with Crippen molar-refractivity contribution in [1.29, 1.82) is 0 Å². The fourth-order valence-corrected chi connectivity index (χ4v) is 3.74. The molecule has 1 aliphatic heterocycles. The first-order valence-electron chi connectivity index (χ1n) is 8.30. The molecule has 1 aromatic rings. The van der Waals surface area contributed by atoms with Gasteiger partial charge in [0, 0.05) is 32.7 Å². The van der Waals surface area contributed by atoms with Crippen LogP contribution in [0.3, 0.4) is 0 Å². The first-order valence-corrected chi connectivity index (χ1v) is 9.74. The van der Waals surface area contributed by atoms with Gasteiger partial charge in [-0.2, -0.15) is 0 Å². The molecule has 2 amide bonds. The average Bonchev–Trinajstić information content (AvgIpc) is 2.59. The highest BCUT2D eigenvalue weighted by Gasteiger charge is 2.22. The minimum absolute atomic E-state index is 0.0429. The van der Waals surface area contributed by atoms with Crippen molar-refractivity contribution in [2.75, 3.05) is 33.7 Å². The Kier molecular flexibility index (Phi) is 6.18. The maximum Gasteiger partial charge on any atom is 0.251 e. The van der Waals surface area contributed by atoms with Crippen LogP contribution in [0.5, 0.6) is 0 Å². The number of nitrogens with zero attached hydrogens (tertiary/aromatic N) is 2. The van der Waals surface area contributed by atoms with Crippen molar-refractivity contribution in [2.24, 2.45) is 5.92 Å². The summed E-state index contributed by atoms with van der Waals surface area (Å²) in [6.07, 6.45) is 2.09. The Morgan fingerprint density at radius 1 is 1.32 bits per heavy atom. The van der Waals surface area contributed by atoms with E-state index in [0.717, 1.165) is 23.7 Å². The van der Waals surface area contributed by atoms with Crippen LogP contribution in [0, 0.1) is 5.92 Å². The van der Waals surface area contributed by atoms with Crippen LogP contribution >= 0.6 is 0 Å². The van der Waals surface area contributed by atoms with E-state index in [1.165, 1.54) is 38.4 Å². The maximum absolute atomic E-state index is 12.3. The van der Waals surface area contributed by atoms with E-state index in [1.807, 2.05) is 0 Å². The van der Waals surface area contributed by atoms with Gasteiger partial charge in [0.2, 0.25) is 15.9 Å². The number of rotatable bonds is 5. The Balaban J connectivity index is 2.00. The second-order valence-corrected chi connectivity index (χ2v) is 8.74. The number of benzene rings is 1. The van der Waals surface area contributed by atoms with E-state index in [-0.39, 0.29) is 22.9 Å². The van der Waals surface area contributed by atoms with Gasteiger partial charge in [0.15, 0.2) is 0 Å². The molecule has 138 valence electrons. The van der Waals surface area contributed by atoms with Gasteiger partial charge in [0.05, 0.1) is 11.4 Å². The van der Waals surface area contributed by atoms with Crippen LogP contribution < -0.4 is 5.32 Å². The van der Waals surface area contributed by atoms with Crippen LogP contribution in [0.4, 0.5) is 0 Å². The highest BCUT2D eigenvalue weighted by atomic mass is 32.2. The van der Waals surface area contributed by atoms with Gasteiger partial charge in [-0.3, -0.25) is 9.59 Å². The van der Waals surface area contributed by atoms with Gasteiger partial charge in [-0.1, -0.05) is 13.0 Å². The van der Waals surface area contributed by atoms with Crippen molar-refractivity contribution in [3.63, 3.8) is 0 Å². The highest BCUT2D eigenvalue weighted by molar-refractivity contribution is 7.89. The van der Waals surface area contributed by atoms with Crippen LogP contribution in [0.15, 0.2) is 29.2 Å². The highest BCUT2D eigenvalue weighted by Crippen LogP contribution is 2.16. The van der Waals surface area contributed by atoms with Gasteiger partial charge in [-0.25, -0.2) is 12.7 Å². The minimum Gasteiger partial charge on any atom is -0.343 e. The molecular formula is C17H25N3O4S. The van der Waals surface area contributed by atoms with Crippen molar-refractivity contribution >= 4 is 21.8 Å². The number of amides is 2. The third kappa shape index (κ3) is 4.79. The van der Waals surface area contributed by atoms with E-state index >= 15 is 0 Å². The number of carbonyl (C=O) groups excluding carboxylic acids is 2. The standard InChI is InChI=1S/C17H25N3O4S/c1-13-6-5-9-20(12-13)16(21)11-18-17(22)14-7-4-8-15(10-14)25(23,24)19(2)3/h4,7-8,10,13H,5-6,9,11-12H2,1-3H3,(H,18,22)/t13-/m1/s1. The number of likely N-dealkylation sites (tertiary alicyclic amines) is 1. The zero-order valence-electron chi connectivity index (χ0n) is 14.9. The van der Waals surface area contributed by atoms with E-state index < -0.39 is 15.9 Å². The van der Waals surface area contributed by atoms with E-state index in [2.05, 4.69) is 12.2 Å². The Labute approximate surface area is 149 Å². The predicted molar refractivity (Wildman–Crippen MR) is 94.6 cm³/mol. The molecule has 8 heteroatoms. The van der Waals surface area contributed by atoms with E-state index in [0.29, 0.717) is 12.5 Å². The predicted octanol–water partition coefficient (Wildman–Crippen LogP) is 0.925. The number of hydrogen-bond acceptors (Lipinski definition) is 4. The third-order valence-corrected chi connectivity index (χ3v) is 6.10. The molecule has 2 rings (SSSR count). The van der Waals surface area contributed by atoms with Crippen LogP contribution in [0.25, 0.3) is 0 Å². The summed E-state index contributed by atoms with van der Waals surface area (Å²) in [7, 11) is -0.747. The molecule has 0 radical (unpaired) electrons. The largest absolute Gasteiger partial charge is 0.343 e. The maximum atomic E-state index is 12.3. The van der Waals surface area contributed by atoms with Crippen LogP contribution in [0.1, 0.15) is 30.1 Å². The number of hydrogen-bond donors (Lipinski definition) is 1. The van der Waals surface area contributed by atoms with Crippen molar-refractivity contribution in [2.45, 2.75) is 24.7 Å². The monoisotopic (exact) mass is 367 g/mol. The third-order valence-electron chi connectivity index (χ3n) is 4.28. The Hall–Kier alpha value is -1.93. The van der Waals surface area contributed by atoms with Gasteiger partial charge in [0.1, 0.15) is 0 Å². The Morgan fingerprint density at radius 3 is 2.68 bits per heavy atom. The van der Waals surface area contributed by atoms with E-state index in [9.17, 15) is 18.0 Å². The molecule has 0 bridgehead atoms. The molecule has 1 N–H and O–H groups in total. The Morgan fingerprint density at radius 2 is 2.04 bits per heavy atom. The number of sulfonamides is 1. The first kappa shape index (κ1) is 19.4. The summed E-state index contributed by atoms with van der Waals surface area (Å²) >= 11 is 0. The van der Waals surface area contributed by atoms with Gasteiger partial charge in [-0.15, -0.1) is 0 Å². The molecule has 1 fully saturated rings. The second-order valence-electron chi connectivity index (χ2n) is 6.59. The lowest BCUT2D eigenvalue weighted by Gasteiger charge is -2.31. The Bertz CT molecular complexity index is 746. The normalized spacial score (nSPS) is 18.2. The zero-order valence-corrected chi connectivity index (χ0v) is 15.7. The van der Waals surface area contributed by atoms with Crippen LogP contribution in [-0.2, 0) is 14.8 Å². The van der Waals surface area contributed by atoms with Crippen LogP contribution in [-0.4, -0.2) is 63.2 Å². The molecule has 1 atom stereocenters. The molecule has 0 aliphatic carbocycles. The van der Waals surface area contributed by atoms with Crippen molar-refractivity contribution < 1.29 is 18.0 Å². The fourth-order valence-electron chi connectivity index (χ4n) is 2.79. The molecule has 7 nitrogen and oxygen atoms in total. The fraction of sp³-hybridized carbons (Fsp3) is 0.529. The lowest BCUT2D eigenvalue weighted by Crippen LogP contribution is -2.44. The van der Waals surface area contributed by atoms with E-state index in [4.69, 9.17) is 0 Å². The van der Waals surface area contributed by atoms with Gasteiger partial charge in [0.25, 0.3) is 5.91 Å². The molecule has 0 spiro atoms. The summed E-state index contributed by atoms with van der Waals surface area (Å²) in [5, 5.41) is 2.58. The second kappa shape index (κ2) is 7.97. The molecule has 0 aromatic heterocycles. The van der Waals surface area contributed by atoms with Gasteiger partial charge >= 0.3 is 0 Å². The van der Waals surface area contributed by atoms with Gasteiger partial charge < -0.3 is 10.2 Å². The number of piperidine rings is 1. The van der Waals surface area contributed by atoms with Crippen molar-refractivity contribution in [3.8, 4) is 0 Å². The van der Waals surface area contributed by atoms with Crippen molar-refractivity contribution in [1.82, 2.24) is 14.5 Å². The summed E-state index contributed by atoms with van der Waals surface area (Å²) in [5.74, 6) is -0.104. The zero-order chi connectivity index (χ0) is 18.6. The summed E-state index contributed by atoms with van der Waals surface area (Å²) in [6.45, 7) is 3.45. The quantitative estimate of drug-likeness (QED) is 0.839. The van der Waals surface area contributed by atoms with Gasteiger partial charge in [-0.05, 0) is 37.0 Å². The summed E-state index contributed by atoms with van der Waals surface area (Å²) in [4.78, 5) is 26.3. The van der Waals surface area contributed by atoms with Crippen LogP contribution in [0.2, 0.25) is 0 Å². The average molecular weight is 367 g/mol. The molecule has 0 saturated carbocycles. The first-order chi connectivity index (χ1) is 11.7. The smallest absolute Gasteiger partial charge is 0.251 e. The molecular weight excluding hydrogens is 342 g/mol. The molecule has 0 unspecified atom stereocenters. The number of nitrogens with one attached hydrogen (secondary N) is 1. The lowest BCUT2D eigenvalue weighted by molar-refractivity contribution is -0.131. The molecule has 1 saturated heterocycles.